The van der Waals surface area contributed by atoms with Crippen molar-refractivity contribution in [3.05, 3.63) is 47.9 Å². The minimum absolute atomic E-state index is 0.00223. The van der Waals surface area contributed by atoms with Crippen molar-refractivity contribution in [2.45, 2.75) is 0 Å². The molecule has 3 aromatic rings. The molecule has 0 unspecified atom stereocenters. The van der Waals surface area contributed by atoms with Gasteiger partial charge in [0.05, 0.1) is 14.2 Å². The van der Waals surface area contributed by atoms with Gasteiger partial charge >= 0.3 is 0 Å². The van der Waals surface area contributed by atoms with E-state index in [1.807, 2.05) is 0 Å². The molecular formula is C18H15NO6. The number of allylic oxidation sites excluding steroid dienone is 1. The lowest BCUT2D eigenvalue weighted by Gasteiger charge is -2.12. The number of carbonyl (C=O) groups is 1. The van der Waals surface area contributed by atoms with Crippen molar-refractivity contribution in [2.24, 2.45) is 0 Å². The molecule has 0 aliphatic heterocycles. The van der Waals surface area contributed by atoms with E-state index in [1.54, 1.807) is 12.1 Å². The molecule has 0 amide bonds. The second kappa shape index (κ2) is 6.56. The molecule has 0 spiro atoms. The fourth-order valence-electron chi connectivity index (χ4n) is 2.52. The zero-order valence-corrected chi connectivity index (χ0v) is 13.5. The van der Waals surface area contributed by atoms with Crippen molar-refractivity contribution in [3.63, 3.8) is 0 Å². The van der Waals surface area contributed by atoms with E-state index in [0.717, 1.165) is 0 Å². The van der Waals surface area contributed by atoms with E-state index in [2.05, 4.69) is 4.98 Å². The highest BCUT2D eigenvalue weighted by atomic mass is 16.5. The number of ether oxygens (including phenoxy) is 2. The quantitative estimate of drug-likeness (QED) is 0.543. The number of oxazole rings is 1. The lowest BCUT2D eigenvalue weighted by atomic mass is 10.0. The van der Waals surface area contributed by atoms with Gasteiger partial charge in [-0.3, -0.25) is 4.79 Å². The molecule has 0 atom stereocenters. The summed E-state index contributed by atoms with van der Waals surface area (Å²) < 4.78 is 15.6. The highest BCUT2D eigenvalue weighted by Gasteiger charge is 2.27. The number of phenolic OH excluding ortho intramolecular Hbond substituents is 2. The predicted molar refractivity (Wildman–Crippen MR) is 90.2 cm³/mol. The third kappa shape index (κ3) is 2.87. The Morgan fingerprint density at radius 1 is 1.20 bits per heavy atom. The Kier molecular flexibility index (Phi) is 4.30. The second-order valence-corrected chi connectivity index (χ2v) is 5.11. The van der Waals surface area contributed by atoms with Crippen LogP contribution in [0.15, 0.2) is 41.2 Å². The molecule has 2 aromatic carbocycles. The number of rotatable bonds is 5. The molecule has 1 aromatic heterocycles. The molecule has 0 fully saturated rings. The van der Waals surface area contributed by atoms with Crippen molar-refractivity contribution < 1.29 is 28.9 Å². The largest absolute Gasteiger partial charge is 0.508 e. The molecule has 0 aliphatic rings. The van der Waals surface area contributed by atoms with E-state index in [1.165, 1.54) is 44.9 Å². The molecule has 3 rings (SSSR count). The fraction of sp³-hybridized carbons (Fsp3) is 0.111. The SMILES string of the molecule is COc1c(C(=O)C=Cc2cccc(O)c2)c(O)c(OC)c2ocnc12. The number of benzene rings is 2. The predicted octanol–water partition coefficient (Wildman–Crippen LogP) is 3.15. The van der Waals surface area contributed by atoms with Gasteiger partial charge in [-0.15, -0.1) is 0 Å². The molecule has 128 valence electrons. The van der Waals surface area contributed by atoms with Gasteiger partial charge in [0.15, 0.2) is 29.2 Å². The maximum absolute atomic E-state index is 12.6. The summed E-state index contributed by atoms with van der Waals surface area (Å²) >= 11 is 0. The van der Waals surface area contributed by atoms with E-state index in [9.17, 15) is 15.0 Å². The topological polar surface area (TPSA) is 102 Å². The van der Waals surface area contributed by atoms with Crippen molar-refractivity contribution in [3.8, 4) is 23.0 Å². The van der Waals surface area contributed by atoms with Gasteiger partial charge in [0.2, 0.25) is 11.3 Å². The van der Waals surface area contributed by atoms with Crippen LogP contribution in [0.4, 0.5) is 0 Å². The zero-order chi connectivity index (χ0) is 18.0. The number of methoxy groups -OCH3 is 2. The minimum atomic E-state index is -0.513. The molecular weight excluding hydrogens is 326 g/mol. The number of hydrogen-bond acceptors (Lipinski definition) is 7. The molecule has 1 heterocycles. The molecule has 25 heavy (non-hydrogen) atoms. The summed E-state index contributed by atoms with van der Waals surface area (Å²) in [7, 11) is 2.71. The van der Waals surface area contributed by atoms with E-state index >= 15 is 0 Å². The molecule has 0 bridgehead atoms. The van der Waals surface area contributed by atoms with Crippen LogP contribution >= 0.6 is 0 Å². The fourth-order valence-corrected chi connectivity index (χ4v) is 2.52. The Labute approximate surface area is 142 Å². The summed E-state index contributed by atoms with van der Waals surface area (Å²) in [5.74, 6) is -0.731. The van der Waals surface area contributed by atoms with Gasteiger partial charge in [-0.05, 0) is 23.8 Å². The number of phenols is 2. The van der Waals surface area contributed by atoms with Crippen LogP contribution in [0.1, 0.15) is 15.9 Å². The first kappa shape index (κ1) is 16.4. The number of fused-ring (bicyclic) bond motifs is 1. The van der Waals surface area contributed by atoms with E-state index < -0.39 is 11.5 Å². The Morgan fingerprint density at radius 3 is 2.64 bits per heavy atom. The number of nitrogens with zero attached hydrogens (tertiary/aromatic N) is 1. The standard InChI is InChI=1S/C18H15NO6/c1-23-16-13(12(21)7-6-10-4-3-5-11(20)8-10)15(22)18(24-2)17-14(16)19-9-25-17/h3-9,20,22H,1-2H3. The maximum atomic E-state index is 12.6. The lowest BCUT2D eigenvalue weighted by molar-refractivity contribution is 0.104. The maximum Gasteiger partial charge on any atom is 0.207 e. The minimum Gasteiger partial charge on any atom is -0.508 e. The van der Waals surface area contributed by atoms with E-state index in [-0.39, 0.29) is 33.9 Å². The summed E-state index contributed by atoms with van der Waals surface area (Å²) in [5.41, 5.74) is 0.995. The van der Waals surface area contributed by atoms with Gasteiger partial charge < -0.3 is 24.1 Å². The van der Waals surface area contributed by atoms with Gasteiger partial charge in [-0.25, -0.2) is 4.98 Å². The monoisotopic (exact) mass is 341 g/mol. The Bertz CT molecular complexity index is 973. The van der Waals surface area contributed by atoms with Crippen molar-refractivity contribution in [2.75, 3.05) is 14.2 Å². The van der Waals surface area contributed by atoms with Gasteiger partial charge in [0, 0.05) is 0 Å². The summed E-state index contributed by atoms with van der Waals surface area (Å²) in [6, 6.07) is 6.41. The van der Waals surface area contributed by atoms with Crippen molar-refractivity contribution >= 4 is 23.0 Å². The molecule has 0 aliphatic carbocycles. The van der Waals surface area contributed by atoms with Crippen LogP contribution < -0.4 is 9.47 Å². The van der Waals surface area contributed by atoms with E-state index in [0.29, 0.717) is 5.56 Å². The number of aromatic hydroxyl groups is 2. The average molecular weight is 341 g/mol. The lowest BCUT2D eigenvalue weighted by Crippen LogP contribution is -2.02. The van der Waals surface area contributed by atoms with Gasteiger partial charge in [-0.1, -0.05) is 18.2 Å². The highest BCUT2D eigenvalue weighted by Crippen LogP contribution is 2.44. The normalized spacial score (nSPS) is 11.1. The Balaban J connectivity index is 2.10. The first-order valence-electron chi connectivity index (χ1n) is 7.28. The summed E-state index contributed by atoms with van der Waals surface area (Å²) in [6.07, 6.45) is 3.95. The summed E-state index contributed by atoms with van der Waals surface area (Å²) in [5, 5.41) is 19.9. The third-order valence-electron chi connectivity index (χ3n) is 3.62. The molecule has 2 N–H and O–H groups in total. The molecule has 0 saturated carbocycles. The van der Waals surface area contributed by atoms with Crippen LogP contribution in [0, 0.1) is 0 Å². The molecule has 0 saturated heterocycles. The van der Waals surface area contributed by atoms with Crippen LogP contribution in [0.3, 0.4) is 0 Å². The van der Waals surface area contributed by atoms with E-state index in [4.69, 9.17) is 13.9 Å². The van der Waals surface area contributed by atoms with Gasteiger partial charge in [0.25, 0.3) is 0 Å². The molecule has 7 heteroatoms. The highest BCUT2D eigenvalue weighted by molar-refractivity contribution is 6.14. The Hall–Kier alpha value is -3.48. The van der Waals surface area contributed by atoms with Gasteiger partial charge in [-0.2, -0.15) is 0 Å². The number of hydrogen-bond donors (Lipinski definition) is 2. The zero-order valence-electron chi connectivity index (χ0n) is 13.5. The van der Waals surface area contributed by atoms with Crippen LogP contribution in [-0.4, -0.2) is 35.2 Å². The Morgan fingerprint density at radius 2 is 1.96 bits per heavy atom. The molecule has 0 radical (unpaired) electrons. The first-order valence-corrected chi connectivity index (χ1v) is 7.28. The average Bonchev–Trinajstić information content (AvgIpc) is 3.08. The van der Waals surface area contributed by atoms with Crippen LogP contribution in [0.2, 0.25) is 0 Å². The number of carbonyl (C=O) groups excluding carboxylic acids is 1. The number of ketones is 1. The van der Waals surface area contributed by atoms with Crippen LogP contribution in [-0.2, 0) is 0 Å². The smallest absolute Gasteiger partial charge is 0.207 e. The van der Waals surface area contributed by atoms with Crippen molar-refractivity contribution in [1.82, 2.24) is 4.98 Å². The van der Waals surface area contributed by atoms with Crippen LogP contribution in [0.25, 0.3) is 17.2 Å². The third-order valence-corrected chi connectivity index (χ3v) is 3.62. The van der Waals surface area contributed by atoms with Crippen molar-refractivity contribution in [1.29, 1.82) is 0 Å². The summed E-state index contributed by atoms with van der Waals surface area (Å²) in [4.78, 5) is 16.7. The van der Waals surface area contributed by atoms with Crippen LogP contribution in [0.5, 0.6) is 23.0 Å². The van der Waals surface area contributed by atoms with Gasteiger partial charge in [0.1, 0.15) is 11.3 Å². The second-order valence-electron chi connectivity index (χ2n) is 5.11. The first-order chi connectivity index (χ1) is 12.1. The molecule has 7 nitrogen and oxygen atoms in total. The number of aromatic nitrogens is 1. The summed E-state index contributed by atoms with van der Waals surface area (Å²) in [6.45, 7) is 0.